The number of carbonyl (C=O) groups is 1. The van der Waals surface area contributed by atoms with Crippen LogP contribution in [0.5, 0.6) is 0 Å². The van der Waals surface area contributed by atoms with Crippen molar-refractivity contribution in [2.75, 3.05) is 0 Å². The predicted octanol–water partition coefficient (Wildman–Crippen LogP) is 4.93. The first-order chi connectivity index (χ1) is 10.0. The standard InChI is InChI=1S/C17H18BrNOS/c1-11-4-3-5-13(8-11)10-19(14-6-7-14)17(20)15-9-12(2)16(18)21-15/h3-5,8-9,14H,6-7,10H2,1-2H3. The third kappa shape index (κ3) is 3.38. The normalized spacial score (nSPS) is 14.2. The highest BCUT2D eigenvalue weighted by molar-refractivity contribution is 9.11. The Morgan fingerprint density at radius 3 is 2.67 bits per heavy atom. The molecule has 3 rings (SSSR count). The Morgan fingerprint density at radius 1 is 1.33 bits per heavy atom. The molecule has 1 heterocycles. The van der Waals surface area contributed by atoms with Crippen LogP contribution in [0.25, 0.3) is 0 Å². The molecule has 1 fully saturated rings. The van der Waals surface area contributed by atoms with E-state index in [9.17, 15) is 4.79 Å². The Bertz CT molecular complexity index is 656. The molecule has 0 radical (unpaired) electrons. The van der Waals surface area contributed by atoms with E-state index < -0.39 is 0 Å². The first kappa shape index (κ1) is 14.8. The Kier molecular flexibility index (Phi) is 4.18. The van der Waals surface area contributed by atoms with Crippen LogP contribution in [-0.2, 0) is 6.54 Å². The molecule has 0 atom stereocenters. The van der Waals surface area contributed by atoms with Gasteiger partial charge in [-0.1, -0.05) is 29.8 Å². The van der Waals surface area contributed by atoms with Crippen LogP contribution < -0.4 is 0 Å². The van der Waals surface area contributed by atoms with Crippen LogP contribution in [0, 0.1) is 13.8 Å². The van der Waals surface area contributed by atoms with Crippen LogP contribution >= 0.6 is 27.3 Å². The number of aryl methyl sites for hydroxylation is 2. The van der Waals surface area contributed by atoms with Gasteiger partial charge >= 0.3 is 0 Å². The highest BCUT2D eigenvalue weighted by Gasteiger charge is 2.33. The lowest BCUT2D eigenvalue weighted by Gasteiger charge is -2.22. The molecule has 2 nitrogen and oxygen atoms in total. The van der Waals surface area contributed by atoms with E-state index in [0.717, 1.165) is 27.1 Å². The van der Waals surface area contributed by atoms with Gasteiger partial charge in [-0.15, -0.1) is 11.3 Å². The minimum atomic E-state index is 0.165. The van der Waals surface area contributed by atoms with Gasteiger partial charge in [0.1, 0.15) is 0 Å². The fourth-order valence-corrected chi connectivity index (χ4v) is 3.96. The number of hydrogen-bond acceptors (Lipinski definition) is 2. The molecular formula is C17H18BrNOS. The quantitative estimate of drug-likeness (QED) is 0.753. The van der Waals surface area contributed by atoms with E-state index in [2.05, 4.69) is 47.1 Å². The molecule has 110 valence electrons. The maximum atomic E-state index is 12.8. The van der Waals surface area contributed by atoms with Crippen molar-refractivity contribution < 1.29 is 4.79 Å². The van der Waals surface area contributed by atoms with Gasteiger partial charge in [-0.3, -0.25) is 4.79 Å². The Labute approximate surface area is 137 Å². The molecule has 0 unspecified atom stereocenters. The molecule has 2 aromatic rings. The third-order valence-electron chi connectivity index (χ3n) is 3.75. The van der Waals surface area contributed by atoms with Gasteiger partial charge in [-0.05, 0) is 59.8 Å². The molecule has 21 heavy (non-hydrogen) atoms. The van der Waals surface area contributed by atoms with Crippen molar-refractivity contribution >= 4 is 33.2 Å². The van der Waals surface area contributed by atoms with Crippen LogP contribution in [0.3, 0.4) is 0 Å². The van der Waals surface area contributed by atoms with E-state index in [1.807, 2.05) is 17.9 Å². The molecule has 1 aliphatic rings. The summed E-state index contributed by atoms with van der Waals surface area (Å²) >= 11 is 5.05. The van der Waals surface area contributed by atoms with E-state index in [4.69, 9.17) is 0 Å². The summed E-state index contributed by atoms with van der Waals surface area (Å²) in [5.74, 6) is 0.165. The lowest BCUT2D eigenvalue weighted by Crippen LogP contribution is -2.32. The van der Waals surface area contributed by atoms with Crippen molar-refractivity contribution in [2.24, 2.45) is 0 Å². The molecule has 1 aromatic carbocycles. The Morgan fingerprint density at radius 2 is 2.10 bits per heavy atom. The molecule has 1 saturated carbocycles. The molecule has 0 spiro atoms. The SMILES string of the molecule is Cc1cccc(CN(C(=O)c2cc(C)c(Br)s2)C2CC2)c1. The summed E-state index contributed by atoms with van der Waals surface area (Å²) in [5.41, 5.74) is 3.59. The second-order valence-electron chi connectivity index (χ2n) is 5.72. The molecule has 1 aromatic heterocycles. The molecule has 0 bridgehead atoms. The fraction of sp³-hybridized carbons (Fsp3) is 0.353. The van der Waals surface area contributed by atoms with E-state index in [1.165, 1.54) is 22.5 Å². The number of benzene rings is 1. The molecule has 1 aliphatic carbocycles. The first-order valence-corrected chi connectivity index (χ1v) is 8.78. The molecule has 0 saturated heterocycles. The predicted molar refractivity (Wildman–Crippen MR) is 90.8 cm³/mol. The van der Waals surface area contributed by atoms with E-state index in [1.54, 1.807) is 0 Å². The van der Waals surface area contributed by atoms with Crippen molar-refractivity contribution in [1.29, 1.82) is 0 Å². The largest absolute Gasteiger partial charge is 0.331 e. The number of carbonyl (C=O) groups excluding carboxylic acids is 1. The van der Waals surface area contributed by atoms with E-state index >= 15 is 0 Å². The van der Waals surface area contributed by atoms with Crippen molar-refractivity contribution in [3.63, 3.8) is 0 Å². The zero-order valence-electron chi connectivity index (χ0n) is 12.2. The van der Waals surface area contributed by atoms with Crippen molar-refractivity contribution in [1.82, 2.24) is 4.90 Å². The topological polar surface area (TPSA) is 20.3 Å². The number of thiophene rings is 1. The Balaban J connectivity index is 1.83. The van der Waals surface area contributed by atoms with Gasteiger partial charge in [0.05, 0.1) is 8.66 Å². The number of hydrogen-bond donors (Lipinski definition) is 0. The Hall–Kier alpha value is -1.13. The van der Waals surface area contributed by atoms with Crippen molar-refractivity contribution in [3.05, 3.63) is 55.7 Å². The molecule has 4 heteroatoms. The first-order valence-electron chi connectivity index (χ1n) is 7.17. The van der Waals surface area contributed by atoms with Crippen molar-refractivity contribution in [2.45, 2.75) is 39.3 Å². The van der Waals surface area contributed by atoms with Crippen molar-refractivity contribution in [3.8, 4) is 0 Å². The summed E-state index contributed by atoms with van der Waals surface area (Å²) in [6.07, 6.45) is 2.26. The molecular weight excluding hydrogens is 346 g/mol. The second-order valence-corrected chi connectivity index (χ2v) is 8.09. The van der Waals surface area contributed by atoms with E-state index in [0.29, 0.717) is 12.6 Å². The smallest absolute Gasteiger partial charge is 0.264 e. The van der Waals surface area contributed by atoms with Gasteiger partial charge < -0.3 is 4.90 Å². The maximum Gasteiger partial charge on any atom is 0.264 e. The summed E-state index contributed by atoms with van der Waals surface area (Å²) in [6.45, 7) is 4.83. The highest BCUT2D eigenvalue weighted by atomic mass is 79.9. The summed E-state index contributed by atoms with van der Waals surface area (Å²) in [7, 11) is 0. The lowest BCUT2D eigenvalue weighted by molar-refractivity contribution is 0.0735. The number of nitrogens with zero attached hydrogens (tertiary/aromatic N) is 1. The summed E-state index contributed by atoms with van der Waals surface area (Å²) in [6, 6.07) is 10.8. The molecule has 0 aliphatic heterocycles. The zero-order chi connectivity index (χ0) is 15.0. The minimum absolute atomic E-state index is 0.165. The van der Waals surface area contributed by atoms with E-state index in [-0.39, 0.29) is 5.91 Å². The third-order valence-corrected chi connectivity index (χ3v) is 5.88. The second kappa shape index (κ2) is 5.93. The molecule has 0 N–H and O–H groups in total. The molecule has 1 amide bonds. The number of amides is 1. The minimum Gasteiger partial charge on any atom is -0.331 e. The van der Waals surface area contributed by atoms with Gasteiger partial charge in [0, 0.05) is 12.6 Å². The van der Waals surface area contributed by atoms with Crippen LogP contribution in [0.2, 0.25) is 0 Å². The van der Waals surface area contributed by atoms with Crippen LogP contribution in [0.4, 0.5) is 0 Å². The highest BCUT2D eigenvalue weighted by Crippen LogP contribution is 2.33. The van der Waals surface area contributed by atoms with Crippen LogP contribution in [0.1, 0.15) is 39.2 Å². The fourth-order valence-electron chi connectivity index (χ4n) is 2.47. The van der Waals surface area contributed by atoms with Crippen LogP contribution in [-0.4, -0.2) is 16.8 Å². The van der Waals surface area contributed by atoms with Gasteiger partial charge in [0.2, 0.25) is 0 Å². The number of halogens is 1. The average molecular weight is 364 g/mol. The maximum absolute atomic E-state index is 12.8. The van der Waals surface area contributed by atoms with Gasteiger partial charge in [-0.25, -0.2) is 0 Å². The van der Waals surface area contributed by atoms with Gasteiger partial charge in [0.15, 0.2) is 0 Å². The van der Waals surface area contributed by atoms with Gasteiger partial charge in [-0.2, -0.15) is 0 Å². The summed E-state index contributed by atoms with van der Waals surface area (Å²) < 4.78 is 1.05. The van der Waals surface area contributed by atoms with Gasteiger partial charge in [0.25, 0.3) is 5.91 Å². The lowest BCUT2D eigenvalue weighted by atomic mass is 10.1. The zero-order valence-corrected chi connectivity index (χ0v) is 14.6. The summed E-state index contributed by atoms with van der Waals surface area (Å²) in [4.78, 5) is 15.7. The summed E-state index contributed by atoms with van der Waals surface area (Å²) in [5, 5.41) is 0. The monoisotopic (exact) mass is 363 g/mol. The average Bonchev–Trinajstić information content (AvgIpc) is 3.22. The van der Waals surface area contributed by atoms with Crippen LogP contribution in [0.15, 0.2) is 34.1 Å². The number of rotatable bonds is 4.